The molecule has 0 spiro atoms. The van der Waals surface area contributed by atoms with Gasteiger partial charge in [0.05, 0.1) is 20.5 Å². The predicted octanol–water partition coefficient (Wildman–Crippen LogP) is 6.16. The van der Waals surface area contributed by atoms with Crippen LogP contribution in [0.4, 0.5) is 5.00 Å². The second kappa shape index (κ2) is 10.6. The van der Waals surface area contributed by atoms with E-state index in [-0.39, 0.29) is 16.7 Å². The van der Waals surface area contributed by atoms with Gasteiger partial charge in [-0.3, -0.25) is 9.69 Å². The van der Waals surface area contributed by atoms with Gasteiger partial charge in [0.15, 0.2) is 0 Å². The standard InChI is InChI=1S/C26H27ClN4O3S4/c1-2-30-13-11-17-20(15-30)36-26(23(17)25-28-18-7-3-4-8-19(18)35-25)29-24(32)16-6-5-12-31(14-16)38(33,34)22-10-9-21(27)37-22/h3-4,7-10,16H,2,5-6,11-15H2,1H3,(H,29,32). The SMILES string of the molecule is CCN1CCc2c(sc(NC(=O)C3CCCN(S(=O)(=O)c4ccc(Cl)s4)C3)c2-c2nc3ccccc3s2)C1. The monoisotopic (exact) mass is 606 g/mol. The maximum atomic E-state index is 13.6. The molecule has 2 aliphatic rings. The van der Waals surface area contributed by atoms with Crippen LogP contribution in [-0.2, 0) is 27.8 Å². The molecule has 12 heteroatoms. The Labute approximate surface area is 239 Å². The van der Waals surface area contributed by atoms with E-state index in [1.807, 2.05) is 18.2 Å². The summed E-state index contributed by atoms with van der Waals surface area (Å²) in [6.45, 7) is 5.56. The number of thiazole rings is 1. The zero-order chi connectivity index (χ0) is 26.4. The highest BCUT2D eigenvalue weighted by Crippen LogP contribution is 2.46. The van der Waals surface area contributed by atoms with Gasteiger partial charge < -0.3 is 5.32 Å². The molecule has 0 aliphatic carbocycles. The molecule has 1 fully saturated rings. The number of piperidine rings is 1. The lowest BCUT2D eigenvalue weighted by Gasteiger charge is -2.30. The van der Waals surface area contributed by atoms with Crippen LogP contribution in [0, 0.1) is 5.92 Å². The summed E-state index contributed by atoms with van der Waals surface area (Å²) in [7, 11) is -3.68. The number of amides is 1. The fourth-order valence-electron chi connectivity index (χ4n) is 5.17. The van der Waals surface area contributed by atoms with Gasteiger partial charge in [0.25, 0.3) is 10.0 Å². The maximum absolute atomic E-state index is 13.6. The van der Waals surface area contributed by atoms with Crippen LogP contribution in [0.1, 0.15) is 30.2 Å². The predicted molar refractivity (Wildman–Crippen MR) is 157 cm³/mol. The number of halogens is 1. The summed E-state index contributed by atoms with van der Waals surface area (Å²) >= 11 is 10.3. The molecule has 2 aliphatic heterocycles. The van der Waals surface area contributed by atoms with Crippen molar-refractivity contribution in [3.63, 3.8) is 0 Å². The fourth-order valence-corrected chi connectivity index (χ4v) is 10.7. The average Bonchev–Trinajstić information content (AvgIpc) is 3.64. The molecular formula is C26H27ClN4O3S4. The number of hydrogen-bond acceptors (Lipinski definition) is 8. The number of sulfonamides is 1. The Morgan fingerprint density at radius 1 is 1.16 bits per heavy atom. The lowest BCUT2D eigenvalue weighted by molar-refractivity contribution is -0.120. The number of rotatable bonds is 6. The topological polar surface area (TPSA) is 82.6 Å². The molecule has 38 heavy (non-hydrogen) atoms. The van der Waals surface area contributed by atoms with Crippen molar-refractivity contribution in [2.45, 2.75) is 36.9 Å². The Balaban J connectivity index is 1.29. The van der Waals surface area contributed by atoms with Gasteiger partial charge >= 0.3 is 0 Å². The van der Waals surface area contributed by atoms with E-state index in [4.69, 9.17) is 16.6 Å². The third-order valence-corrected chi connectivity index (χ3v) is 13.0. The molecule has 1 atom stereocenters. The van der Waals surface area contributed by atoms with Crippen molar-refractivity contribution in [2.24, 2.45) is 5.92 Å². The van der Waals surface area contributed by atoms with Crippen molar-refractivity contribution in [3.8, 4) is 10.6 Å². The van der Waals surface area contributed by atoms with Gasteiger partial charge in [-0.1, -0.05) is 30.7 Å². The Morgan fingerprint density at radius 2 is 2.00 bits per heavy atom. The number of hydrogen-bond donors (Lipinski definition) is 1. The van der Waals surface area contributed by atoms with E-state index in [2.05, 4.69) is 23.2 Å². The molecule has 1 saturated heterocycles. The first-order valence-corrected chi connectivity index (χ1v) is 16.9. The number of nitrogens with zero attached hydrogens (tertiary/aromatic N) is 3. The molecule has 1 unspecified atom stereocenters. The van der Waals surface area contributed by atoms with Crippen LogP contribution in [0.2, 0.25) is 4.34 Å². The van der Waals surface area contributed by atoms with Crippen LogP contribution < -0.4 is 5.32 Å². The zero-order valence-electron chi connectivity index (χ0n) is 20.8. The highest BCUT2D eigenvalue weighted by molar-refractivity contribution is 7.91. The van der Waals surface area contributed by atoms with E-state index in [1.165, 1.54) is 20.8 Å². The van der Waals surface area contributed by atoms with E-state index in [9.17, 15) is 13.2 Å². The number of fused-ring (bicyclic) bond motifs is 2. The molecular weight excluding hydrogens is 580 g/mol. The number of anilines is 1. The normalized spacial score (nSPS) is 19.1. The number of carbonyl (C=O) groups is 1. The number of nitrogens with one attached hydrogen (secondary N) is 1. The Kier molecular flexibility index (Phi) is 7.36. The minimum Gasteiger partial charge on any atom is -0.317 e. The summed E-state index contributed by atoms with van der Waals surface area (Å²) in [5, 5.41) is 4.96. The molecule has 1 N–H and O–H groups in total. The van der Waals surface area contributed by atoms with Gasteiger partial charge in [0.1, 0.15) is 14.2 Å². The first-order valence-electron chi connectivity index (χ1n) is 12.6. The van der Waals surface area contributed by atoms with Gasteiger partial charge in [0.2, 0.25) is 5.91 Å². The first kappa shape index (κ1) is 26.4. The minimum absolute atomic E-state index is 0.137. The highest BCUT2D eigenvalue weighted by atomic mass is 35.5. The van der Waals surface area contributed by atoms with Crippen LogP contribution in [-0.4, -0.2) is 54.7 Å². The van der Waals surface area contributed by atoms with Crippen LogP contribution in [0.25, 0.3) is 20.8 Å². The van der Waals surface area contributed by atoms with Crippen molar-refractivity contribution in [1.82, 2.24) is 14.2 Å². The van der Waals surface area contributed by atoms with E-state index in [1.54, 1.807) is 28.7 Å². The summed E-state index contributed by atoms with van der Waals surface area (Å²) in [4.78, 5) is 22.2. The van der Waals surface area contributed by atoms with Crippen molar-refractivity contribution in [3.05, 3.63) is 51.2 Å². The second-order valence-electron chi connectivity index (χ2n) is 9.56. The quantitative estimate of drug-likeness (QED) is 0.284. The summed E-state index contributed by atoms with van der Waals surface area (Å²) in [5.74, 6) is -0.564. The summed E-state index contributed by atoms with van der Waals surface area (Å²) < 4.78 is 29.6. The Hall–Kier alpha value is -1.86. The number of thiophene rings is 2. The van der Waals surface area contributed by atoms with E-state index in [0.29, 0.717) is 23.7 Å². The molecule has 3 aromatic heterocycles. The van der Waals surface area contributed by atoms with Crippen molar-refractivity contribution in [2.75, 3.05) is 31.5 Å². The largest absolute Gasteiger partial charge is 0.317 e. The first-order chi connectivity index (χ1) is 18.3. The maximum Gasteiger partial charge on any atom is 0.252 e. The second-order valence-corrected chi connectivity index (χ2v) is 15.6. The van der Waals surface area contributed by atoms with Crippen molar-refractivity contribution < 1.29 is 13.2 Å². The molecule has 0 radical (unpaired) electrons. The summed E-state index contributed by atoms with van der Waals surface area (Å²) in [5.41, 5.74) is 3.26. The van der Waals surface area contributed by atoms with Gasteiger partial charge in [-0.15, -0.1) is 34.0 Å². The van der Waals surface area contributed by atoms with Gasteiger partial charge in [0, 0.05) is 36.6 Å². The smallest absolute Gasteiger partial charge is 0.252 e. The lowest BCUT2D eigenvalue weighted by Crippen LogP contribution is -2.43. The Bertz CT molecular complexity index is 1580. The van der Waals surface area contributed by atoms with Crippen LogP contribution in [0.3, 0.4) is 0 Å². The molecule has 200 valence electrons. The lowest BCUT2D eigenvalue weighted by atomic mass is 9.98. The molecule has 1 amide bonds. The highest BCUT2D eigenvalue weighted by Gasteiger charge is 2.35. The van der Waals surface area contributed by atoms with Crippen molar-refractivity contribution >= 4 is 76.8 Å². The summed E-state index contributed by atoms with van der Waals surface area (Å²) in [6, 6.07) is 11.2. The number of benzene rings is 1. The molecule has 0 bridgehead atoms. The molecule has 0 saturated carbocycles. The summed E-state index contributed by atoms with van der Waals surface area (Å²) in [6.07, 6.45) is 2.20. The fraction of sp³-hybridized carbons (Fsp3) is 0.385. The van der Waals surface area contributed by atoms with E-state index >= 15 is 0 Å². The van der Waals surface area contributed by atoms with Crippen LogP contribution in [0.15, 0.2) is 40.6 Å². The number of likely N-dealkylation sites (N-methyl/N-ethyl adjacent to an activating group) is 1. The Morgan fingerprint density at radius 3 is 2.76 bits per heavy atom. The minimum atomic E-state index is -3.68. The number of carbonyl (C=O) groups excluding carboxylic acids is 1. The average molecular weight is 607 g/mol. The number of aromatic nitrogens is 1. The van der Waals surface area contributed by atoms with Crippen LogP contribution in [0.5, 0.6) is 0 Å². The van der Waals surface area contributed by atoms with E-state index < -0.39 is 15.9 Å². The van der Waals surface area contributed by atoms with Crippen LogP contribution >= 0.6 is 45.6 Å². The molecule has 5 heterocycles. The van der Waals surface area contributed by atoms with Gasteiger partial charge in [-0.2, -0.15) is 4.31 Å². The van der Waals surface area contributed by atoms with Gasteiger partial charge in [-0.05, 0) is 55.6 Å². The van der Waals surface area contributed by atoms with E-state index in [0.717, 1.165) is 63.2 Å². The molecule has 6 rings (SSSR count). The molecule has 7 nitrogen and oxygen atoms in total. The third kappa shape index (κ3) is 4.94. The van der Waals surface area contributed by atoms with Gasteiger partial charge in [-0.25, -0.2) is 13.4 Å². The molecule has 1 aromatic carbocycles. The number of para-hydroxylation sites is 1. The molecule has 4 aromatic rings. The third-order valence-electron chi connectivity index (χ3n) is 7.23. The van der Waals surface area contributed by atoms with Crippen molar-refractivity contribution in [1.29, 1.82) is 0 Å². The zero-order valence-corrected chi connectivity index (χ0v) is 24.8.